The Kier molecular flexibility index (Phi) is 3.30. The minimum absolute atomic E-state index is 0.571. The summed E-state index contributed by atoms with van der Waals surface area (Å²) in [6, 6.07) is 0. The Bertz CT molecular complexity index is 555. The number of aromatic amines is 1. The number of H-pyrrole nitrogens is 1. The van der Waals surface area contributed by atoms with Crippen molar-refractivity contribution in [3.63, 3.8) is 0 Å². The number of hydrogen-bond acceptors (Lipinski definition) is 6. The van der Waals surface area contributed by atoms with E-state index in [-0.39, 0.29) is 0 Å². The molecule has 100 valence electrons. The highest BCUT2D eigenvalue weighted by Gasteiger charge is 2.43. The van der Waals surface area contributed by atoms with Gasteiger partial charge in [0.25, 0.3) is 5.56 Å². The van der Waals surface area contributed by atoms with Crippen LogP contribution in [0.4, 0.5) is 4.39 Å². The summed E-state index contributed by atoms with van der Waals surface area (Å²) >= 11 is 0. The summed E-state index contributed by atoms with van der Waals surface area (Å²) in [6.07, 6.45) is -4.84. The van der Waals surface area contributed by atoms with Gasteiger partial charge in [-0.15, -0.1) is 0 Å². The van der Waals surface area contributed by atoms with Gasteiger partial charge in [-0.2, -0.15) is 4.39 Å². The van der Waals surface area contributed by atoms with Crippen molar-refractivity contribution in [2.45, 2.75) is 24.5 Å². The maximum absolute atomic E-state index is 13.1. The van der Waals surface area contributed by atoms with Crippen molar-refractivity contribution in [3.8, 4) is 0 Å². The third-order valence-electron chi connectivity index (χ3n) is 2.72. The summed E-state index contributed by atoms with van der Waals surface area (Å²) in [5.41, 5.74) is -2.18. The molecule has 0 amide bonds. The van der Waals surface area contributed by atoms with E-state index in [9.17, 15) is 24.2 Å². The minimum atomic E-state index is -1.52. The van der Waals surface area contributed by atoms with Crippen LogP contribution in [0.15, 0.2) is 15.8 Å². The molecule has 0 saturated carbocycles. The van der Waals surface area contributed by atoms with Crippen molar-refractivity contribution in [1.29, 1.82) is 0 Å². The van der Waals surface area contributed by atoms with Gasteiger partial charge in [-0.25, -0.2) is 4.79 Å². The average molecular weight is 262 g/mol. The van der Waals surface area contributed by atoms with E-state index in [0.29, 0.717) is 10.8 Å². The molecule has 1 aromatic heterocycles. The second-order valence-electron chi connectivity index (χ2n) is 3.87. The molecule has 2 heterocycles. The highest BCUT2D eigenvalue weighted by atomic mass is 19.1. The molecule has 0 spiro atoms. The van der Waals surface area contributed by atoms with Crippen LogP contribution >= 0.6 is 0 Å². The van der Waals surface area contributed by atoms with Crippen LogP contribution in [-0.2, 0) is 4.74 Å². The molecule has 0 aliphatic carbocycles. The van der Waals surface area contributed by atoms with Crippen molar-refractivity contribution in [3.05, 3.63) is 32.9 Å². The lowest BCUT2D eigenvalue weighted by atomic mass is 10.1. The van der Waals surface area contributed by atoms with Crippen LogP contribution in [0, 0.1) is 5.82 Å². The molecule has 0 unspecified atom stereocenters. The fourth-order valence-corrected chi connectivity index (χ4v) is 1.76. The number of aromatic nitrogens is 2. The van der Waals surface area contributed by atoms with Crippen LogP contribution in [0.25, 0.3) is 0 Å². The van der Waals surface area contributed by atoms with Crippen LogP contribution in [0.3, 0.4) is 0 Å². The second kappa shape index (κ2) is 4.61. The molecule has 0 radical (unpaired) electrons. The standard InChI is InChI=1S/C9H11FN2O6/c10-3-1-12(9(17)11-7(3)16)8-6(15)5(14)4(2-13)18-8/h1,4-6,8,13-15H,2H2,(H,11,16,17)/t4-,5+,6-,8-/m1/s1. The highest BCUT2D eigenvalue weighted by Crippen LogP contribution is 2.27. The molecule has 0 bridgehead atoms. The van der Waals surface area contributed by atoms with Crippen LogP contribution in [0.2, 0.25) is 0 Å². The number of ether oxygens (including phenoxy) is 1. The molecule has 1 aliphatic heterocycles. The van der Waals surface area contributed by atoms with E-state index >= 15 is 0 Å². The molecular weight excluding hydrogens is 251 g/mol. The maximum Gasteiger partial charge on any atom is 0.330 e. The predicted octanol–water partition coefficient (Wildman–Crippen LogP) is -2.71. The first-order chi connectivity index (χ1) is 8.45. The van der Waals surface area contributed by atoms with Crippen LogP contribution in [0.1, 0.15) is 6.23 Å². The van der Waals surface area contributed by atoms with E-state index in [2.05, 4.69) is 0 Å². The van der Waals surface area contributed by atoms with Crippen molar-refractivity contribution >= 4 is 0 Å². The Morgan fingerprint density at radius 1 is 1.39 bits per heavy atom. The van der Waals surface area contributed by atoms with Crippen molar-refractivity contribution in [2.75, 3.05) is 6.61 Å². The van der Waals surface area contributed by atoms with Gasteiger partial charge in [0.05, 0.1) is 12.8 Å². The lowest BCUT2D eigenvalue weighted by Crippen LogP contribution is -2.38. The molecule has 4 N–H and O–H groups in total. The molecule has 1 fully saturated rings. The Morgan fingerprint density at radius 2 is 2.06 bits per heavy atom. The molecule has 0 aromatic carbocycles. The first kappa shape index (κ1) is 12.9. The number of rotatable bonds is 2. The molecule has 9 heteroatoms. The van der Waals surface area contributed by atoms with Crippen LogP contribution < -0.4 is 11.2 Å². The van der Waals surface area contributed by atoms with Gasteiger partial charge in [-0.3, -0.25) is 14.3 Å². The number of halogens is 1. The Hall–Kier alpha value is -1.55. The first-order valence-electron chi connectivity index (χ1n) is 5.09. The Balaban J connectivity index is 2.42. The van der Waals surface area contributed by atoms with E-state index in [4.69, 9.17) is 9.84 Å². The fourth-order valence-electron chi connectivity index (χ4n) is 1.76. The molecule has 1 saturated heterocycles. The van der Waals surface area contributed by atoms with E-state index in [1.165, 1.54) is 0 Å². The van der Waals surface area contributed by atoms with Gasteiger partial charge in [0.15, 0.2) is 6.23 Å². The van der Waals surface area contributed by atoms with Gasteiger partial charge in [0, 0.05) is 0 Å². The number of aliphatic hydroxyl groups excluding tert-OH is 3. The normalized spacial score (nSPS) is 31.8. The van der Waals surface area contributed by atoms with Gasteiger partial charge < -0.3 is 20.1 Å². The smallest absolute Gasteiger partial charge is 0.330 e. The van der Waals surface area contributed by atoms with E-state index in [1.807, 2.05) is 0 Å². The molecule has 1 aromatic rings. The van der Waals surface area contributed by atoms with Gasteiger partial charge in [0.1, 0.15) is 18.3 Å². The topological polar surface area (TPSA) is 125 Å². The van der Waals surface area contributed by atoms with Crippen molar-refractivity contribution in [2.24, 2.45) is 0 Å². The number of hydrogen-bond donors (Lipinski definition) is 4. The molecule has 2 rings (SSSR count). The van der Waals surface area contributed by atoms with Gasteiger partial charge in [0.2, 0.25) is 5.82 Å². The van der Waals surface area contributed by atoms with Gasteiger partial charge in [-0.05, 0) is 0 Å². The quantitative estimate of drug-likeness (QED) is 0.459. The molecular formula is C9H11FN2O6. The number of nitrogens with one attached hydrogen (secondary N) is 1. The SMILES string of the molecule is O=c1[nH]c(=O)n([C@@H]2O[C@H](CO)[C@H](O)[C@H]2O)cc1F. The maximum atomic E-state index is 13.1. The average Bonchev–Trinajstić information content (AvgIpc) is 2.61. The van der Waals surface area contributed by atoms with E-state index < -0.39 is 48.2 Å². The zero-order chi connectivity index (χ0) is 13.4. The second-order valence-corrected chi connectivity index (χ2v) is 3.87. The fraction of sp³-hybridized carbons (Fsp3) is 0.556. The van der Waals surface area contributed by atoms with E-state index in [1.54, 1.807) is 4.98 Å². The lowest BCUT2D eigenvalue weighted by Gasteiger charge is -2.16. The third-order valence-corrected chi connectivity index (χ3v) is 2.72. The molecule has 1 aliphatic rings. The molecule has 8 nitrogen and oxygen atoms in total. The van der Waals surface area contributed by atoms with Gasteiger partial charge in [-0.1, -0.05) is 0 Å². The Labute approximate surface area is 98.9 Å². The van der Waals surface area contributed by atoms with Crippen molar-refractivity contribution in [1.82, 2.24) is 9.55 Å². The zero-order valence-electron chi connectivity index (χ0n) is 8.99. The van der Waals surface area contributed by atoms with Crippen LogP contribution in [-0.4, -0.2) is 49.8 Å². The van der Waals surface area contributed by atoms with E-state index in [0.717, 1.165) is 0 Å². The third kappa shape index (κ3) is 1.97. The highest BCUT2D eigenvalue weighted by molar-refractivity contribution is 4.94. The van der Waals surface area contributed by atoms with Crippen LogP contribution in [0.5, 0.6) is 0 Å². The first-order valence-corrected chi connectivity index (χ1v) is 5.09. The summed E-state index contributed by atoms with van der Waals surface area (Å²) < 4.78 is 18.7. The summed E-state index contributed by atoms with van der Waals surface area (Å²) in [7, 11) is 0. The monoisotopic (exact) mass is 262 g/mol. The van der Waals surface area contributed by atoms with Gasteiger partial charge >= 0.3 is 5.69 Å². The lowest BCUT2D eigenvalue weighted by molar-refractivity contribution is -0.0554. The zero-order valence-corrected chi connectivity index (χ0v) is 8.99. The summed E-state index contributed by atoms with van der Waals surface area (Å²) in [6.45, 7) is -0.574. The molecule has 18 heavy (non-hydrogen) atoms. The summed E-state index contributed by atoms with van der Waals surface area (Å²) in [5.74, 6) is -1.23. The Morgan fingerprint density at radius 3 is 2.61 bits per heavy atom. The number of aliphatic hydroxyl groups is 3. The largest absolute Gasteiger partial charge is 0.394 e. The summed E-state index contributed by atoms with van der Waals surface area (Å²) in [5, 5.41) is 28.0. The molecule has 4 atom stereocenters. The van der Waals surface area contributed by atoms with Crippen molar-refractivity contribution < 1.29 is 24.4 Å². The number of nitrogens with zero attached hydrogens (tertiary/aromatic N) is 1. The summed E-state index contributed by atoms with van der Waals surface area (Å²) in [4.78, 5) is 24.0. The predicted molar refractivity (Wildman–Crippen MR) is 54.3 cm³/mol. The minimum Gasteiger partial charge on any atom is -0.394 e.